The lowest BCUT2D eigenvalue weighted by Crippen LogP contribution is -2.37. The molecule has 1 amide bonds. The van der Waals surface area contributed by atoms with Gasteiger partial charge in [0.25, 0.3) is 0 Å². The van der Waals surface area contributed by atoms with Gasteiger partial charge in [0.1, 0.15) is 5.75 Å². The molecule has 2 N–H and O–H groups in total. The Hall–Kier alpha value is -1.55. The molecule has 1 atom stereocenters. The van der Waals surface area contributed by atoms with Crippen molar-refractivity contribution >= 4 is 5.91 Å². The highest BCUT2D eigenvalue weighted by molar-refractivity contribution is 5.78. The molecule has 20 heavy (non-hydrogen) atoms. The van der Waals surface area contributed by atoms with Crippen molar-refractivity contribution in [2.24, 2.45) is 5.92 Å². The predicted octanol–water partition coefficient (Wildman–Crippen LogP) is 2.26. The molecule has 0 bridgehead atoms. The maximum atomic E-state index is 11.8. The number of ether oxygens (including phenoxy) is 1. The SMILES string of the molecule is CC(C)CCNC(=O)CNC1CCOc2ccccc21. The van der Waals surface area contributed by atoms with E-state index in [1.165, 1.54) is 0 Å². The lowest BCUT2D eigenvalue weighted by atomic mass is 10.0. The zero-order valence-corrected chi connectivity index (χ0v) is 12.3. The molecule has 4 heteroatoms. The fourth-order valence-corrected chi connectivity index (χ4v) is 2.33. The van der Waals surface area contributed by atoms with Crippen LogP contribution in [0.1, 0.15) is 38.3 Å². The van der Waals surface area contributed by atoms with E-state index in [9.17, 15) is 4.79 Å². The summed E-state index contributed by atoms with van der Waals surface area (Å²) in [7, 11) is 0. The highest BCUT2D eigenvalue weighted by Gasteiger charge is 2.20. The molecule has 0 saturated carbocycles. The van der Waals surface area contributed by atoms with Gasteiger partial charge in [-0.3, -0.25) is 4.79 Å². The molecule has 110 valence electrons. The third-order valence-electron chi connectivity index (χ3n) is 3.51. The van der Waals surface area contributed by atoms with Gasteiger partial charge in [0, 0.05) is 24.6 Å². The molecule has 1 unspecified atom stereocenters. The number of benzene rings is 1. The topological polar surface area (TPSA) is 50.4 Å². The molecule has 0 radical (unpaired) electrons. The van der Waals surface area contributed by atoms with Gasteiger partial charge in [-0.1, -0.05) is 32.0 Å². The van der Waals surface area contributed by atoms with Gasteiger partial charge in [0.2, 0.25) is 5.91 Å². The minimum absolute atomic E-state index is 0.0645. The number of nitrogens with one attached hydrogen (secondary N) is 2. The first-order valence-electron chi connectivity index (χ1n) is 7.38. The van der Waals surface area contributed by atoms with Gasteiger partial charge in [-0.15, -0.1) is 0 Å². The Morgan fingerprint density at radius 2 is 2.20 bits per heavy atom. The van der Waals surface area contributed by atoms with E-state index in [1.807, 2.05) is 18.2 Å². The summed E-state index contributed by atoms with van der Waals surface area (Å²) in [5.41, 5.74) is 1.15. The molecular formula is C16H24N2O2. The van der Waals surface area contributed by atoms with E-state index in [4.69, 9.17) is 4.74 Å². The zero-order valence-electron chi connectivity index (χ0n) is 12.3. The molecule has 1 heterocycles. The van der Waals surface area contributed by atoms with Gasteiger partial charge < -0.3 is 15.4 Å². The van der Waals surface area contributed by atoms with Gasteiger partial charge >= 0.3 is 0 Å². The van der Waals surface area contributed by atoms with Crippen LogP contribution < -0.4 is 15.4 Å². The summed E-state index contributed by atoms with van der Waals surface area (Å²) in [4.78, 5) is 11.8. The largest absolute Gasteiger partial charge is 0.493 e. The summed E-state index contributed by atoms with van der Waals surface area (Å²) in [6, 6.07) is 8.22. The average molecular weight is 276 g/mol. The first-order valence-corrected chi connectivity index (χ1v) is 7.38. The minimum Gasteiger partial charge on any atom is -0.493 e. The van der Waals surface area contributed by atoms with E-state index < -0.39 is 0 Å². The second-order valence-electron chi connectivity index (χ2n) is 5.64. The van der Waals surface area contributed by atoms with Crippen LogP contribution in [-0.2, 0) is 4.79 Å². The molecule has 1 aliphatic heterocycles. The molecule has 1 aliphatic rings. The number of hydrogen-bond acceptors (Lipinski definition) is 3. The summed E-state index contributed by atoms with van der Waals surface area (Å²) in [5, 5.41) is 6.27. The molecule has 0 aromatic heterocycles. The highest BCUT2D eigenvalue weighted by Crippen LogP contribution is 2.31. The van der Waals surface area contributed by atoms with E-state index in [0.717, 1.165) is 30.7 Å². The minimum atomic E-state index is 0.0645. The molecule has 0 saturated heterocycles. The first kappa shape index (κ1) is 14.9. The fraction of sp³-hybridized carbons (Fsp3) is 0.562. The smallest absolute Gasteiger partial charge is 0.233 e. The predicted molar refractivity (Wildman–Crippen MR) is 79.8 cm³/mol. The Morgan fingerprint density at radius 1 is 1.40 bits per heavy atom. The van der Waals surface area contributed by atoms with Gasteiger partial charge in [-0.25, -0.2) is 0 Å². The molecule has 0 aliphatic carbocycles. The maximum Gasteiger partial charge on any atom is 0.233 e. The quantitative estimate of drug-likeness (QED) is 0.838. The number of para-hydroxylation sites is 1. The Bertz CT molecular complexity index is 446. The second kappa shape index (κ2) is 7.29. The van der Waals surface area contributed by atoms with Crippen LogP contribution in [0.3, 0.4) is 0 Å². The summed E-state index contributed by atoms with van der Waals surface area (Å²) in [5.74, 6) is 1.61. The normalized spacial score (nSPS) is 17.4. The molecule has 1 aromatic carbocycles. The maximum absolute atomic E-state index is 11.8. The number of carbonyl (C=O) groups excluding carboxylic acids is 1. The lowest BCUT2D eigenvalue weighted by molar-refractivity contribution is -0.120. The monoisotopic (exact) mass is 276 g/mol. The van der Waals surface area contributed by atoms with E-state index in [-0.39, 0.29) is 11.9 Å². The zero-order chi connectivity index (χ0) is 14.4. The van der Waals surface area contributed by atoms with Crippen LogP contribution in [0.2, 0.25) is 0 Å². The summed E-state index contributed by atoms with van der Waals surface area (Å²) < 4.78 is 5.61. The molecule has 0 fully saturated rings. The summed E-state index contributed by atoms with van der Waals surface area (Å²) in [6.07, 6.45) is 1.92. The molecule has 2 rings (SSSR count). The number of amides is 1. The lowest BCUT2D eigenvalue weighted by Gasteiger charge is -2.26. The van der Waals surface area contributed by atoms with Crippen LogP contribution in [0.5, 0.6) is 5.75 Å². The molecule has 0 spiro atoms. The van der Waals surface area contributed by atoms with Crippen LogP contribution >= 0.6 is 0 Å². The second-order valence-corrected chi connectivity index (χ2v) is 5.64. The Labute approximate surface area is 120 Å². The number of rotatable bonds is 6. The Kier molecular flexibility index (Phi) is 5.41. The van der Waals surface area contributed by atoms with E-state index >= 15 is 0 Å². The Balaban J connectivity index is 1.79. The van der Waals surface area contributed by atoms with Gasteiger partial charge in [-0.05, 0) is 18.4 Å². The van der Waals surface area contributed by atoms with Crippen LogP contribution in [0.15, 0.2) is 24.3 Å². The first-order chi connectivity index (χ1) is 9.66. The van der Waals surface area contributed by atoms with Gasteiger partial charge in [0.05, 0.1) is 13.2 Å². The van der Waals surface area contributed by atoms with Crippen LogP contribution in [0, 0.1) is 5.92 Å². The van der Waals surface area contributed by atoms with E-state index in [2.05, 4.69) is 30.5 Å². The van der Waals surface area contributed by atoms with Crippen LogP contribution in [-0.4, -0.2) is 25.6 Å². The van der Waals surface area contributed by atoms with E-state index in [1.54, 1.807) is 0 Å². The van der Waals surface area contributed by atoms with Gasteiger partial charge in [0.15, 0.2) is 0 Å². The van der Waals surface area contributed by atoms with Crippen molar-refractivity contribution in [3.63, 3.8) is 0 Å². The number of hydrogen-bond donors (Lipinski definition) is 2. The van der Waals surface area contributed by atoms with Crippen LogP contribution in [0.4, 0.5) is 0 Å². The van der Waals surface area contributed by atoms with Crippen molar-refractivity contribution in [3.8, 4) is 5.75 Å². The number of carbonyl (C=O) groups is 1. The average Bonchev–Trinajstić information content (AvgIpc) is 2.44. The molecule has 1 aromatic rings. The van der Waals surface area contributed by atoms with Crippen molar-refractivity contribution in [2.45, 2.75) is 32.7 Å². The van der Waals surface area contributed by atoms with E-state index in [0.29, 0.717) is 19.1 Å². The fourth-order valence-electron chi connectivity index (χ4n) is 2.33. The Morgan fingerprint density at radius 3 is 3.00 bits per heavy atom. The number of fused-ring (bicyclic) bond motifs is 1. The highest BCUT2D eigenvalue weighted by atomic mass is 16.5. The van der Waals surface area contributed by atoms with Crippen molar-refractivity contribution in [3.05, 3.63) is 29.8 Å². The third-order valence-corrected chi connectivity index (χ3v) is 3.51. The summed E-state index contributed by atoms with van der Waals surface area (Å²) >= 11 is 0. The van der Waals surface area contributed by atoms with Crippen LogP contribution in [0.25, 0.3) is 0 Å². The van der Waals surface area contributed by atoms with Gasteiger partial charge in [-0.2, -0.15) is 0 Å². The van der Waals surface area contributed by atoms with Crippen molar-refractivity contribution in [1.82, 2.24) is 10.6 Å². The van der Waals surface area contributed by atoms with Crippen molar-refractivity contribution in [1.29, 1.82) is 0 Å². The molecular weight excluding hydrogens is 252 g/mol. The van der Waals surface area contributed by atoms with Crippen molar-refractivity contribution in [2.75, 3.05) is 19.7 Å². The van der Waals surface area contributed by atoms with Crippen molar-refractivity contribution < 1.29 is 9.53 Å². The summed E-state index contributed by atoms with van der Waals surface area (Å²) in [6.45, 7) is 6.12. The molecule has 4 nitrogen and oxygen atoms in total. The standard InChI is InChI=1S/C16H24N2O2/c1-12(2)7-9-17-16(19)11-18-14-8-10-20-15-6-4-3-5-13(14)15/h3-6,12,14,18H,7-11H2,1-2H3,(H,17,19). The third kappa shape index (κ3) is 4.23.